The van der Waals surface area contributed by atoms with E-state index in [2.05, 4.69) is 10.6 Å². The number of nitrogens with one attached hydrogen (secondary N) is 2. The van der Waals surface area contributed by atoms with Crippen LogP contribution in [0.2, 0.25) is 0 Å². The van der Waals surface area contributed by atoms with Crippen molar-refractivity contribution in [3.63, 3.8) is 0 Å². The van der Waals surface area contributed by atoms with Crippen molar-refractivity contribution < 1.29 is 13.9 Å². The molecule has 1 saturated heterocycles. The lowest BCUT2D eigenvalue weighted by Gasteiger charge is -2.14. The Hall–Kier alpha value is -0.890. The molecule has 1 aromatic rings. The molecule has 2 atom stereocenters. The normalized spacial score (nSPS) is 26.6. The third kappa shape index (κ3) is 1.89. The third-order valence-electron chi connectivity index (χ3n) is 3.08. The van der Waals surface area contributed by atoms with Crippen LogP contribution in [0.4, 0.5) is 15.8 Å². The van der Waals surface area contributed by atoms with E-state index in [1.165, 1.54) is 6.07 Å². The molecule has 17 heavy (non-hydrogen) atoms. The van der Waals surface area contributed by atoms with E-state index in [9.17, 15) is 9.18 Å². The van der Waals surface area contributed by atoms with Crippen molar-refractivity contribution in [1.82, 2.24) is 0 Å². The van der Waals surface area contributed by atoms with Crippen molar-refractivity contribution in [2.24, 2.45) is 5.92 Å². The fourth-order valence-electron chi connectivity index (χ4n) is 2.15. The molecule has 2 heterocycles. The van der Waals surface area contributed by atoms with Gasteiger partial charge in [0.2, 0.25) is 5.91 Å². The van der Waals surface area contributed by atoms with Crippen LogP contribution in [0.15, 0.2) is 12.1 Å². The van der Waals surface area contributed by atoms with Gasteiger partial charge in [-0.2, -0.15) is 0 Å². The van der Waals surface area contributed by atoms with Crippen molar-refractivity contribution >= 4 is 39.9 Å². The molecular weight excluding hydrogens is 338 g/mol. The van der Waals surface area contributed by atoms with Gasteiger partial charge >= 0.3 is 0 Å². The SMILES string of the molecule is O=C1Nc2cc(I)c(F)cc2NC2COCC12. The molecule has 3 rings (SSSR count). The van der Waals surface area contributed by atoms with Gasteiger partial charge in [-0.1, -0.05) is 0 Å². The molecule has 1 fully saturated rings. The van der Waals surface area contributed by atoms with E-state index < -0.39 is 0 Å². The first-order valence-corrected chi connectivity index (χ1v) is 6.37. The van der Waals surface area contributed by atoms with E-state index in [0.29, 0.717) is 28.2 Å². The zero-order chi connectivity index (χ0) is 12.0. The van der Waals surface area contributed by atoms with Crippen LogP contribution in [-0.4, -0.2) is 25.2 Å². The number of benzene rings is 1. The minimum Gasteiger partial charge on any atom is -0.378 e. The topological polar surface area (TPSA) is 50.4 Å². The minimum absolute atomic E-state index is 0.0684. The Bertz CT molecular complexity index is 495. The largest absolute Gasteiger partial charge is 0.378 e. The fourth-order valence-corrected chi connectivity index (χ4v) is 2.62. The van der Waals surface area contributed by atoms with E-state index in [-0.39, 0.29) is 23.7 Å². The van der Waals surface area contributed by atoms with Crippen LogP contribution >= 0.6 is 22.6 Å². The van der Waals surface area contributed by atoms with Gasteiger partial charge in [-0.3, -0.25) is 4.79 Å². The highest BCUT2D eigenvalue weighted by Crippen LogP contribution is 2.32. The number of halogens is 2. The number of fused-ring (bicyclic) bond motifs is 2. The van der Waals surface area contributed by atoms with Crippen LogP contribution in [0, 0.1) is 15.3 Å². The molecule has 0 saturated carbocycles. The molecule has 1 amide bonds. The van der Waals surface area contributed by atoms with Gasteiger partial charge in [0.05, 0.1) is 40.1 Å². The average Bonchev–Trinajstić information content (AvgIpc) is 2.69. The van der Waals surface area contributed by atoms with Gasteiger partial charge in [0.15, 0.2) is 0 Å². The molecule has 0 aliphatic carbocycles. The summed E-state index contributed by atoms with van der Waals surface area (Å²) in [5.41, 5.74) is 1.25. The molecule has 1 aromatic carbocycles. The van der Waals surface area contributed by atoms with Crippen molar-refractivity contribution in [2.75, 3.05) is 23.8 Å². The first-order chi connectivity index (χ1) is 8.15. The van der Waals surface area contributed by atoms with Gasteiger partial charge in [0.25, 0.3) is 0 Å². The van der Waals surface area contributed by atoms with Gasteiger partial charge in [0.1, 0.15) is 5.82 Å². The van der Waals surface area contributed by atoms with Gasteiger partial charge in [0, 0.05) is 6.07 Å². The van der Waals surface area contributed by atoms with Gasteiger partial charge < -0.3 is 15.4 Å². The summed E-state index contributed by atoms with van der Waals surface area (Å²) in [5, 5.41) is 5.98. The smallest absolute Gasteiger partial charge is 0.232 e. The average molecular weight is 348 g/mol. The minimum atomic E-state index is -0.288. The number of anilines is 2. The molecule has 2 aliphatic rings. The molecule has 6 heteroatoms. The second-order valence-corrected chi connectivity index (χ2v) is 5.36. The Balaban J connectivity index is 2.04. The van der Waals surface area contributed by atoms with Crippen LogP contribution in [0.1, 0.15) is 0 Å². The fraction of sp³-hybridized carbons (Fsp3) is 0.364. The number of carbonyl (C=O) groups is 1. The number of hydrogen-bond donors (Lipinski definition) is 2. The molecule has 0 radical (unpaired) electrons. The summed E-state index contributed by atoms with van der Waals surface area (Å²) in [6, 6.07) is 2.98. The number of rotatable bonds is 0. The van der Waals surface area contributed by atoms with Crippen LogP contribution in [0.5, 0.6) is 0 Å². The number of ether oxygens (including phenoxy) is 1. The van der Waals surface area contributed by atoms with Crippen LogP contribution in [0.25, 0.3) is 0 Å². The van der Waals surface area contributed by atoms with E-state index in [4.69, 9.17) is 4.74 Å². The summed E-state index contributed by atoms with van der Waals surface area (Å²) in [4.78, 5) is 11.9. The Morgan fingerprint density at radius 2 is 2.18 bits per heavy atom. The number of carbonyl (C=O) groups excluding carboxylic acids is 1. The zero-order valence-electron chi connectivity index (χ0n) is 8.80. The second-order valence-electron chi connectivity index (χ2n) is 4.20. The van der Waals surface area contributed by atoms with E-state index in [1.54, 1.807) is 6.07 Å². The lowest BCUT2D eigenvalue weighted by Crippen LogP contribution is -2.33. The Morgan fingerprint density at radius 3 is 3.00 bits per heavy atom. The zero-order valence-corrected chi connectivity index (χ0v) is 11.0. The summed E-state index contributed by atoms with van der Waals surface area (Å²) >= 11 is 1.91. The van der Waals surface area contributed by atoms with E-state index in [1.807, 2.05) is 22.6 Å². The second kappa shape index (κ2) is 4.09. The first kappa shape index (κ1) is 11.2. The van der Waals surface area contributed by atoms with Crippen molar-refractivity contribution in [2.45, 2.75) is 6.04 Å². The molecule has 0 aromatic heterocycles. The lowest BCUT2D eigenvalue weighted by atomic mass is 10.0. The van der Waals surface area contributed by atoms with Gasteiger partial charge in [-0.15, -0.1) is 0 Å². The third-order valence-corrected chi connectivity index (χ3v) is 3.90. The van der Waals surface area contributed by atoms with Gasteiger partial charge in [-0.05, 0) is 28.7 Å². The molecule has 90 valence electrons. The van der Waals surface area contributed by atoms with Crippen molar-refractivity contribution in [1.29, 1.82) is 0 Å². The Morgan fingerprint density at radius 1 is 1.35 bits per heavy atom. The molecule has 0 spiro atoms. The lowest BCUT2D eigenvalue weighted by molar-refractivity contribution is -0.119. The highest BCUT2D eigenvalue weighted by Gasteiger charge is 2.37. The highest BCUT2D eigenvalue weighted by atomic mass is 127. The maximum Gasteiger partial charge on any atom is 0.232 e. The van der Waals surface area contributed by atoms with Crippen LogP contribution < -0.4 is 10.6 Å². The summed E-state index contributed by atoms with van der Waals surface area (Å²) in [7, 11) is 0. The first-order valence-electron chi connectivity index (χ1n) is 5.29. The van der Waals surface area contributed by atoms with E-state index in [0.717, 1.165) is 0 Å². The standard InChI is InChI=1S/C11H10FIN2O2/c12-6-1-8-9(2-7(6)13)15-11(16)5-3-17-4-10(5)14-8/h1-2,5,10,14H,3-4H2,(H,15,16). The summed E-state index contributed by atoms with van der Waals surface area (Å²) in [6.45, 7) is 0.891. The van der Waals surface area contributed by atoms with Crippen LogP contribution in [0.3, 0.4) is 0 Å². The van der Waals surface area contributed by atoms with E-state index >= 15 is 0 Å². The van der Waals surface area contributed by atoms with Crippen LogP contribution in [-0.2, 0) is 9.53 Å². The number of hydrogen-bond acceptors (Lipinski definition) is 3. The molecule has 2 unspecified atom stereocenters. The summed E-state index contributed by atoms with van der Waals surface area (Å²) < 4.78 is 19.2. The molecule has 2 N–H and O–H groups in total. The van der Waals surface area contributed by atoms with Crippen molar-refractivity contribution in [3.8, 4) is 0 Å². The Kier molecular flexibility index (Phi) is 2.70. The molecule has 0 bridgehead atoms. The maximum absolute atomic E-state index is 13.5. The van der Waals surface area contributed by atoms with Gasteiger partial charge in [-0.25, -0.2) is 4.39 Å². The predicted octanol–water partition coefficient (Wildman–Crippen LogP) is 1.81. The molecule has 4 nitrogen and oxygen atoms in total. The summed E-state index contributed by atoms with van der Waals surface area (Å²) in [6.07, 6.45) is 0. The quantitative estimate of drug-likeness (QED) is 0.704. The highest BCUT2D eigenvalue weighted by molar-refractivity contribution is 14.1. The predicted molar refractivity (Wildman–Crippen MR) is 69.5 cm³/mol. The number of amides is 1. The molecular formula is C11H10FIN2O2. The van der Waals surface area contributed by atoms with Crippen molar-refractivity contribution in [3.05, 3.63) is 21.5 Å². The maximum atomic E-state index is 13.5. The summed E-state index contributed by atoms with van der Waals surface area (Å²) in [5.74, 6) is -0.562. The molecule has 2 aliphatic heterocycles. The Labute approximate surface area is 111 Å². The monoisotopic (exact) mass is 348 g/mol.